The predicted octanol–water partition coefficient (Wildman–Crippen LogP) is 0.864. The average molecular weight is 186 g/mol. The summed E-state index contributed by atoms with van der Waals surface area (Å²) >= 11 is 0. The molecule has 0 aromatic rings. The van der Waals surface area contributed by atoms with E-state index in [0.29, 0.717) is 5.92 Å². The molecule has 1 rings (SSSR count). The van der Waals surface area contributed by atoms with Gasteiger partial charge in [0.25, 0.3) is 0 Å². The van der Waals surface area contributed by atoms with Gasteiger partial charge < -0.3 is 9.64 Å². The van der Waals surface area contributed by atoms with Gasteiger partial charge in [-0.3, -0.25) is 4.90 Å². The second kappa shape index (κ2) is 5.58. The minimum atomic E-state index is 0.646. The molecular weight excluding hydrogens is 164 g/mol. The van der Waals surface area contributed by atoms with Gasteiger partial charge in [-0.05, 0) is 13.0 Å². The third kappa shape index (κ3) is 4.60. The van der Waals surface area contributed by atoms with E-state index in [9.17, 15) is 0 Å². The quantitative estimate of drug-likeness (QED) is 0.648. The first kappa shape index (κ1) is 11.0. The van der Waals surface area contributed by atoms with Crippen molar-refractivity contribution in [3.8, 4) is 0 Å². The summed E-state index contributed by atoms with van der Waals surface area (Å²) in [6.45, 7) is 10.7. The van der Waals surface area contributed by atoms with Crippen molar-refractivity contribution in [2.45, 2.75) is 13.8 Å². The third-order valence-corrected chi connectivity index (χ3v) is 2.32. The first-order valence-electron chi connectivity index (χ1n) is 5.17. The molecule has 0 aromatic heterocycles. The zero-order valence-electron chi connectivity index (χ0n) is 9.12. The highest BCUT2D eigenvalue weighted by atomic mass is 16.5. The molecule has 1 aliphatic rings. The van der Waals surface area contributed by atoms with Gasteiger partial charge in [0.1, 0.15) is 0 Å². The van der Waals surface area contributed by atoms with Gasteiger partial charge in [-0.15, -0.1) is 0 Å². The second-order valence-electron chi connectivity index (χ2n) is 4.32. The van der Waals surface area contributed by atoms with E-state index in [0.717, 1.165) is 26.4 Å². The van der Waals surface area contributed by atoms with Crippen LogP contribution < -0.4 is 0 Å². The Labute approximate surface area is 81.7 Å². The summed E-state index contributed by atoms with van der Waals surface area (Å²) in [7, 11) is 2.17. The highest BCUT2D eigenvalue weighted by Crippen LogP contribution is 2.00. The standard InChI is InChI=1S/C10H22N2O/c1-10(2)8-13-9-12-6-4-11(3)5-7-12/h10H,4-9H2,1-3H3. The maximum absolute atomic E-state index is 5.58. The van der Waals surface area contributed by atoms with Crippen LogP contribution in [-0.4, -0.2) is 56.4 Å². The van der Waals surface area contributed by atoms with Crippen molar-refractivity contribution >= 4 is 0 Å². The average Bonchev–Trinajstić information content (AvgIpc) is 2.08. The van der Waals surface area contributed by atoms with Crippen molar-refractivity contribution in [1.29, 1.82) is 0 Å². The molecule has 1 saturated heterocycles. The fraction of sp³-hybridized carbons (Fsp3) is 1.00. The molecule has 0 unspecified atom stereocenters. The van der Waals surface area contributed by atoms with Gasteiger partial charge in [-0.2, -0.15) is 0 Å². The zero-order chi connectivity index (χ0) is 9.68. The number of likely N-dealkylation sites (N-methyl/N-ethyl adjacent to an activating group) is 1. The topological polar surface area (TPSA) is 15.7 Å². The van der Waals surface area contributed by atoms with Crippen LogP contribution >= 0.6 is 0 Å². The Bertz CT molecular complexity index is 131. The molecule has 0 bridgehead atoms. The molecule has 0 aromatic carbocycles. The largest absolute Gasteiger partial charge is 0.366 e. The Hall–Kier alpha value is -0.120. The Kier molecular flexibility index (Phi) is 4.70. The maximum atomic E-state index is 5.58. The molecule has 3 nitrogen and oxygen atoms in total. The smallest absolute Gasteiger partial charge is 0.0991 e. The molecular formula is C10H22N2O. The summed E-state index contributed by atoms with van der Waals surface area (Å²) in [6, 6.07) is 0. The number of nitrogens with zero attached hydrogens (tertiary/aromatic N) is 2. The maximum Gasteiger partial charge on any atom is 0.0991 e. The summed E-state index contributed by atoms with van der Waals surface area (Å²) in [4.78, 5) is 4.74. The van der Waals surface area contributed by atoms with E-state index in [2.05, 4.69) is 30.7 Å². The number of hydrogen-bond donors (Lipinski definition) is 0. The molecule has 13 heavy (non-hydrogen) atoms. The molecule has 0 amide bonds. The highest BCUT2D eigenvalue weighted by molar-refractivity contribution is 4.66. The van der Waals surface area contributed by atoms with E-state index in [1.54, 1.807) is 0 Å². The Balaban J connectivity index is 2.02. The lowest BCUT2D eigenvalue weighted by molar-refractivity contribution is -0.00350. The molecule has 1 aliphatic heterocycles. The van der Waals surface area contributed by atoms with Crippen molar-refractivity contribution in [3.63, 3.8) is 0 Å². The summed E-state index contributed by atoms with van der Waals surface area (Å²) in [5, 5.41) is 0. The number of piperazine rings is 1. The lowest BCUT2D eigenvalue weighted by Gasteiger charge is -2.32. The van der Waals surface area contributed by atoms with Crippen LogP contribution in [0.3, 0.4) is 0 Å². The Morgan fingerprint density at radius 3 is 2.31 bits per heavy atom. The number of hydrogen-bond acceptors (Lipinski definition) is 3. The Morgan fingerprint density at radius 1 is 1.15 bits per heavy atom. The monoisotopic (exact) mass is 186 g/mol. The molecule has 0 N–H and O–H groups in total. The van der Waals surface area contributed by atoms with Crippen LogP contribution in [0.1, 0.15) is 13.8 Å². The lowest BCUT2D eigenvalue weighted by atomic mass is 10.2. The molecule has 3 heteroatoms. The predicted molar refractivity (Wildman–Crippen MR) is 54.7 cm³/mol. The van der Waals surface area contributed by atoms with Gasteiger partial charge in [0.2, 0.25) is 0 Å². The summed E-state index contributed by atoms with van der Waals surface area (Å²) < 4.78 is 5.58. The number of ether oxygens (including phenoxy) is 1. The van der Waals surface area contributed by atoms with Gasteiger partial charge in [-0.1, -0.05) is 13.8 Å². The van der Waals surface area contributed by atoms with E-state index in [4.69, 9.17) is 4.74 Å². The van der Waals surface area contributed by atoms with Gasteiger partial charge in [0.05, 0.1) is 13.3 Å². The molecule has 0 radical (unpaired) electrons. The number of rotatable bonds is 4. The van der Waals surface area contributed by atoms with Crippen molar-refractivity contribution in [3.05, 3.63) is 0 Å². The minimum absolute atomic E-state index is 0.646. The fourth-order valence-electron chi connectivity index (χ4n) is 1.39. The minimum Gasteiger partial charge on any atom is -0.366 e. The van der Waals surface area contributed by atoms with Gasteiger partial charge in [-0.25, -0.2) is 0 Å². The van der Waals surface area contributed by atoms with E-state index in [1.807, 2.05) is 0 Å². The van der Waals surface area contributed by atoms with Crippen molar-refractivity contribution in [2.24, 2.45) is 5.92 Å². The summed E-state index contributed by atoms with van der Waals surface area (Å²) in [6.07, 6.45) is 0. The van der Waals surface area contributed by atoms with E-state index in [-0.39, 0.29) is 0 Å². The lowest BCUT2D eigenvalue weighted by Crippen LogP contribution is -2.45. The van der Waals surface area contributed by atoms with Crippen LogP contribution in [0.4, 0.5) is 0 Å². The van der Waals surface area contributed by atoms with Crippen LogP contribution in [0.2, 0.25) is 0 Å². The Morgan fingerprint density at radius 2 is 1.77 bits per heavy atom. The van der Waals surface area contributed by atoms with E-state index in [1.165, 1.54) is 13.1 Å². The van der Waals surface area contributed by atoms with Gasteiger partial charge in [0, 0.05) is 26.2 Å². The third-order valence-electron chi connectivity index (χ3n) is 2.32. The van der Waals surface area contributed by atoms with Crippen LogP contribution in [0, 0.1) is 5.92 Å². The van der Waals surface area contributed by atoms with Gasteiger partial charge >= 0.3 is 0 Å². The molecule has 0 aliphatic carbocycles. The molecule has 1 heterocycles. The van der Waals surface area contributed by atoms with Crippen LogP contribution in [0.25, 0.3) is 0 Å². The normalized spacial score (nSPS) is 21.2. The summed E-state index contributed by atoms with van der Waals surface area (Å²) in [5.74, 6) is 0.646. The highest BCUT2D eigenvalue weighted by Gasteiger charge is 2.12. The second-order valence-corrected chi connectivity index (χ2v) is 4.32. The van der Waals surface area contributed by atoms with Gasteiger partial charge in [0.15, 0.2) is 0 Å². The fourth-order valence-corrected chi connectivity index (χ4v) is 1.39. The zero-order valence-corrected chi connectivity index (χ0v) is 9.12. The molecule has 78 valence electrons. The van der Waals surface area contributed by atoms with E-state index < -0.39 is 0 Å². The molecule has 0 spiro atoms. The van der Waals surface area contributed by atoms with Crippen LogP contribution in [0.15, 0.2) is 0 Å². The molecule has 0 atom stereocenters. The molecule has 1 fully saturated rings. The van der Waals surface area contributed by atoms with Crippen molar-refractivity contribution in [1.82, 2.24) is 9.80 Å². The SMILES string of the molecule is CC(C)COCN1CCN(C)CC1. The van der Waals surface area contributed by atoms with Crippen LogP contribution in [0.5, 0.6) is 0 Å². The van der Waals surface area contributed by atoms with E-state index >= 15 is 0 Å². The first-order valence-corrected chi connectivity index (χ1v) is 5.17. The first-order chi connectivity index (χ1) is 6.18. The van der Waals surface area contributed by atoms with Crippen molar-refractivity contribution < 1.29 is 4.74 Å². The van der Waals surface area contributed by atoms with Crippen LogP contribution in [-0.2, 0) is 4.74 Å². The van der Waals surface area contributed by atoms with Crippen molar-refractivity contribution in [2.75, 3.05) is 46.6 Å². The summed E-state index contributed by atoms with van der Waals surface area (Å²) in [5.41, 5.74) is 0. The molecule has 0 saturated carbocycles.